The van der Waals surface area contributed by atoms with E-state index in [2.05, 4.69) is 54.9 Å². The van der Waals surface area contributed by atoms with E-state index in [1.54, 1.807) is 0 Å². The van der Waals surface area contributed by atoms with Gasteiger partial charge >= 0.3 is 0 Å². The van der Waals surface area contributed by atoms with Crippen molar-refractivity contribution < 1.29 is 4.74 Å². The topological polar surface area (TPSA) is 12.5 Å². The first kappa shape index (κ1) is 12.1. The van der Waals surface area contributed by atoms with Gasteiger partial charge in [0.2, 0.25) is 0 Å². The Kier molecular flexibility index (Phi) is 3.70. The van der Waals surface area contributed by atoms with Gasteiger partial charge in [-0.3, -0.25) is 0 Å². The minimum Gasteiger partial charge on any atom is -0.370 e. The zero-order valence-electron chi connectivity index (χ0n) is 10.2. The molecule has 1 fully saturated rings. The highest BCUT2D eigenvalue weighted by molar-refractivity contribution is 9.10. The van der Waals surface area contributed by atoms with Crippen LogP contribution in [0.3, 0.4) is 0 Å². The van der Waals surface area contributed by atoms with Gasteiger partial charge in [0.1, 0.15) is 0 Å². The Hall–Kier alpha value is -0.340. The first-order chi connectivity index (χ1) is 7.61. The number of halogens is 1. The molecule has 0 aliphatic carbocycles. The third-order valence-electron chi connectivity index (χ3n) is 3.44. The molecule has 3 unspecified atom stereocenters. The van der Waals surface area contributed by atoms with Crippen LogP contribution in [0.5, 0.6) is 0 Å². The Morgan fingerprint density at radius 2 is 2.12 bits per heavy atom. The summed E-state index contributed by atoms with van der Waals surface area (Å²) >= 11 is 3.59. The zero-order chi connectivity index (χ0) is 11.7. The SMILES string of the molecule is CCC1OC1CC(C)c1ccc(C)c(Br)c1. The quantitative estimate of drug-likeness (QED) is 0.745. The first-order valence-corrected chi connectivity index (χ1v) is 6.82. The van der Waals surface area contributed by atoms with Gasteiger partial charge < -0.3 is 4.74 Å². The average molecular weight is 283 g/mol. The largest absolute Gasteiger partial charge is 0.370 e. The number of aryl methyl sites for hydroxylation is 1. The van der Waals surface area contributed by atoms with E-state index in [0.29, 0.717) is 18.1 Å². The molecule has 0 bridgehead atoms. The molecule has 0 spiro atoms. The van der Waals surface area contributed by atoms with Gasteiger partial charge in [-0.05, 0) is 42.9 Å². The lowest BCUT2D eigenvalue weighted by Crippen LogP contribution is -2.01. The fourth-order valence-corrected chi connectivity index (χ4v) is 2.54. The Balaban J connectivity index is 1.98. The molecule has 1 aliphatic rings. The Labute approximate surface area is 106 Å². The van der Waals surface area contributed by atoms with Gasteiger partial charge in [0, 0.05) is 4.47 Å². The number of hydrogen-bond acceptors (Lipinski definition) is 1. The summed E-state index contributed by atoms with van der Waals surface area (Å²) in [5, 5.41) is 0. The molecular formula is C14H19BrO. The number of rotatable bonds is 4. The Morgan fingerprint density at radius 3 is 2.69 bits per heavy atom. The van der Waals surface area contributed by atoms with Crippen LogP contribution in [-0.4, -0.2) is 12.2 Å². The minimum atomic E-state index is 0.500. The highest BCUT2D eigenvalue weighted by atomic mass is 79.9. The third kappa shape index (κ3) is 2.67. The molecule has 0 N–H and O–H groups in total. The fraction of sp³-hybridized carbons (Fsp3) is 0.571. The second-order valence-corrected chi connectivity index (χ2v) is 5.62. The van der Waals surface area contributed by atoms with Crippen molar-refractivity contribution in [2.45, 2.75) is 51.7 Å². The van der Waals surface area contributed by atoms with Gasteiger partial charge in [-0.15, -0.1) is 0 Å². The van der Waals surface area contributed by atoms with Crippen LogP contribution in [0.25, 0.3) is 0 Å². The molecule has 1 aliphatic heterocycles. The molecule has 0 saturated carbocycles. The number of ether oxygens (including phenoxy) is 1. The molecule has 0 radical (unpaired) electrons. The molecule has 1 heterocycles. The smallest absolute Gasteiger partial charge is 0.0847 e. The van der Waals surface area contributed by atoms with Crippen LogP contribution in [0.4, 0.5) is 0 Å². The van der Waals surface area contributed by atoms with E-state index in [1.807, 2.05) is 0 Å². The van der Waals surface area contributed by atoms with Crippen molar-refractivity contribution in [2.75, 3.05) is 0 Å². The highest BCUT2D eigenvalue weighted by Gasteiger charge is 2.37. The van der Waals surface area contributed by atoms with Gasteiger partial charge in [0.25, 0.3) is 0 Å². The van der Waals surface area contributed by atoms with Crippen molar-refractivity contribution in [1.29, 1.82) is 0 Å². The van der Waals surface area contributed by atoms with Crippen molar-refractivity contribution in [3.05, 3.63) is 33.8 Å². The lowest BCUT2D eigenvalue weighted by Gasteiger charge is -2.11. The summed E-state index contributed by atoms with van der Waals surface area (Å²) in [6, 6.07) is 6.65. The summed E-state index contributed by atoms with van der Waals surface area (Å²) < 4.78 is 6.81. The van der Waals surface area contributed by atoms with Crippen molar-refractivity contribution >= 4 is 15.9 Å². The highest BCUT2D eigenvalue weighted by Crippen LogP contribution is 2.35. The molecule has 2 heteroatoms. The molecule has 3 atom stereocenters. The van der Waals surface area contributed by atoms with Gasteiger partial charge in [-0.1, -0.05) is 41.9 Å². The summed E-state index contributed by atoms with van der Waals surface area (Å²) in [6.45, 7) is 6.60. The monoisotopic (exact) mass is 282 g/mol. The maximum Gasteiger partial charge on any atom is 0.0847 e. The lowest BCUT2D eigenvalue weighted by molar-refractivity contribution is 0.353. The summed E-state index contributed by atoms with van der Waals surface area (Å²) in [5.41, 5.74) is 2.70. The Bertz CT molecular complexity index is 375. The van der Waals surface area contributed by atoms with Gasteiger partial charge in [0.05, 0.1) is 12.2 Å². The molecule has 16 heavy (non-hydrogen) atoms. The molecule has 88 valence electrons. The predicted molar refractivity (Wildman–Crippen MR) is 70.9 cm³/mol. The van der Waals surface area contributed by atoms with E-state index in [0.717, 1.165) is 12.8 Å². The molecule has 2 rings (SSSR count). The van der Waals surface area contributed by atoms with Crippen molar-refractivity contribution in [2.24, 2.45) is 0 Å². The van der Waals surface area contributed by atoms with Crippen LogP contribution < -0.4 is 0 Å². The normalized spacial score (nSPS) is 25.5. The van der Waals surface area contributed by atoms with E-state index >= 15 is 0 Å². The van der Waals surface area contributed by atoms with Crippen molar-refractivity contribution in [3.8, 4) is 0 Å². The van der Waals surface area contributed by atoms with Gasteiger partial charge in [0.15, 0.2) is 0 Å². The summed E-state index contributed by atoms with van der Waals surface area (Å²) in [6.07, 6.45) is 3.32. The first-order valence-electron chi connectivity index (χ1n) is 6.03. The van der Waals surface area contributed by atoms with E-state index in [-0.39, 0.29) is 0 Å². The predicted octanol–water partition coefficient (Wildman–Crippen LogP) is 4.43. The van der Waals surface area contributed by atoms with Crippen LogP contribution in [0.1, 0.15) is 43.7 Å². The zero-order valence-corrected chi connectivity index (χ0v) is 11.8. The molecule has 0 aromatic heterocycles. The van der Waals surface area contributed by atoms with Crippen LogP contribution in [-0.2, 0) is 4.74 Å². The number of benzene rings is 1. The second kappa shape index (κ2) is 4.89. The van der Waals surface area contributed by atoms with Gasteiger partial charge in [-0.25, -0.2) is 0 Å². The van der Waals surface area contributed by atoms with E-state index < -0.39 is 0 Å². The van der Waals surface area contributed by atoms with Crippen LogP contribution in [0.15, 0.2) is 22.7 Å². The molecule has 1 aromatic carbocycles. The number of hydrogen-bond donors (Lipinski definition) is 0. The molecule has 0 amide bonds. The standard InChI is InChI=1S/C14H19BrO/c1-4-13-14(16-13)7-10(3)11-6-5-9(2)12(15)8-11/h5-6,8,10,13-14H,4,7H2,1-3H3. The molecule has 1 saturated heterocycles. The second-order valence-electron chi connectivity index (χ2n) is 4.77. The molecule has 1 nitrogen and oxygen atoms in total. The van der Waals surface area contributed by atoms with Crippen molar-refractivity contribution in [1.82, 2.24) is 0 Å². The molecular weight excluding hydrogens is 264 g/mol. The average Bonchev–Trinajstić information content (AvgIpc) is 3.00. The lowest BCUT2D eigenvalue weighted by atomic mass is 9.94. The van der Waals surface area contributed by atoms with Crippen LogP contribution in [0, 0.1) is 6.92 Å². The summed E-state index contributed by atoms with van der Waals surface area (Å²) in [7, 11) is 0. The maximum atomic E-state index is 5.60. The van der Waals surface area contributed by atoms with Gasteiger partial charge in [-0.2, -0.15) is 0 Å². The maximum absolute atomic E-state index is 5.60. The number of epoxide rings is 1. The third-order valence-corrected chi connectivity index (χ3v) is 4.30. The summed E-state index contributed by atoms with van der Waals surface area (Å²) in [5.74, 6) is 0.582. The fourth-order valence-electron chi connectivity index (χ4n) is 2.15. The Morgan fingerprint density at radius 1 is 1.38 bits per heavy atom. The van der Waals surface area contributed by atoms with Crippen LogP contribution >= 0.6 is 15.9 Å². The van der Waals surface area contributed by atoms with E-state index in [1.165, 1.54) is 15.6 Å². The van der Waals surface area contributed by atoms with Crippen LogP contribution in [0.2, 0.25) is 0 Å². The minimum absolute atomic E-state index is 0.500. The van der Waals surface area contributed by atoms with E-state index in [4.69, 9.17) is 4.74 Å². The summed E-state index contributed by atoms with van der Waals surface area (Å²) in [4.78, 5) is 0. The molecule has 1 aromatic rings. The van der Waals surface area contributed by atoms with Crippen molar-refractivity contribution in [3.63, 3.8) is 0 Å². The van der Waals surface area contributed by atoms with E-state index in [9.17, 15) is 0 Å².